The van der Waals surface area contributed by atoms with E-state index < -0.39 is 0 Å². The maximum absolute atomic E-state index is 2.36. The lowest BCUT2D eigenvalue weighted by Crippen LogP contribution is -2.14. The van der Waals surface area contributed by atoms with Gasteiger partial charge in [0.05, 0.1) is 0 Å². The van der Waals surface area contributed by atoms with E-state index in [-0.39, 0.29) is 5.41 Å². The van der Waals surface area contributed by atoms with Gasteiger partial charge >= 0.3 is 0 Å². The quantitative estimate of drug-likeness (QED) is 0.614. The standard InChI is InChI=1S/C15H16S/c1-9-5-6-11-12(7-9)15(3,4)13-8-10(2)16-14(11)13/h5-8H,1-4H3. The van der Waals surface area contributed by atoms with Gasteiger partial charge in [-0.2, -0.15) is 0 Å². The molecule has 3 rings (SSSR count). The van der Waals surface area contributed by atoms with E-state index in [1.54, 1.807) is 0 Å². The number of rotatable bonds is 0. The third kappa shape index (κ3) is 1.15. The van der Waals surface area contributed by atoms with Crippen molar-refractivity contribution in [3.63, 3.8) is 0 Å². The third-order valence-electron chi connectivity index (χ3n) is 3.62. The number of hydrogen-bond acceptors (Lipinski definition) is 1. The van der Waals surface area contributed by atoms with E-state index >= 15 is 0 Å². The second-order valence-corrected chi connectivity index (χ2v) is 6.53. The van der Waals surface area contributed by atoms with Crippen LogP contribution in [0.25, 0.3) is 10.4 Å². The first-order valence-corrected chi connectivity index (χ1v) is 6.54. The predicted molar refractivity (Wildman–Crippen MR) is 71.4 cm³/mol. The van der Waals surface area contributed by atoms with Crippen LogP contribution in [0, 0.1) is 13.8 Å². The van der Waals surface area contributed by atoms with E-state index in [1.807, 2.05) is 11.3 Å². The van der Waals surface area contributed by atoms with E-state index in [0.717, 1.165) is 0 Å². The van der Waals surface area contributed by atoms with Crippen molar-refractivity contribution in [2.24, 2.45) is 0 Å². The minimum absolute atomic E-state index is 0.182. The van der Waals surface area contributed by atoms with Gasteiger partial charge in [0.15, 0.2) is 0 Å². The van der Waals surface area contributed by atoms with Gasteiger partial charge in [0.1, 0.15) is 0 Å². The molecule has 0 aliphatic heterocycles. The Morgan fingerprint density at radius 2 is 1.75 bits per heavy atom. The van der Waals surface area contributed by atoms with E-state index in [1.165, 1.54) is 32.0 Å². The largest absolute Gasteiger partial charge is 0.140 e. The summed E-state index contributed by atoms with van der Waals surface area (Å²) < 4.78 is 0. The molecule has 16 heavy (non-hydrogen) atoms. The smallest absolute Gasteiger partial charge is 0.0389 e. The topological polar surface area (TPSA) is 0 Å². The Bertz CT molecular complexity index is 573. The predicted octanol–water partition coefficient (Wildman–Crippen LogP) is 4.67. The van der Waals surface area contributed by atoms with Crippen molar-refractivity contribution in [2.45, 2.75) is 33.1 Å². The molecule has 0 unspecified atom stereocenters. The summed E-state index contributed by atoms with van der Waals surface area (Å²) in [6.07, 6.45) is 0. The molecule has 0 bridgehead atoms. The van der Waals surface area contributed by atoms with Crippen molar-refractivity contribution in [1.82, 2.24) is 0 Å². The molecule has 0 spiro atoms. The van der Waals surface area contributed by atoms with E-state index in [9.17, 15) is 0 Å². The number of benzene rings is 1. The third-order valence-corrected chi connectivity index (χ3v) is 4.71. The van der Waals surface area contributed by atoms with Crippen LogP contribution in [-0.4, -0.2) is 0 Å². The molecule has 0 saturated heterocycles. The molecule has 2 aromatic rings. The van der Waals surface area contributed by atoms with Crippen LogP contribution in [0.2, 0.25) is 0 Å². The summed E-state index contributed by atoms with van der Waals surface area (Å²) in [5.41, 5.74) is 5.99. The minimum atomic E-state index is 0.182. The minimum Gasteiger partial charge on any atom is -0.140 e. The van der Waals surface area contributed by atoms with Gasteiger partial charge in [0.25, 0.3) is 0 Å². The fourth-order valence-electron chi connectivity index (χ4n) is 2.70. The zero-order chi connectivity index (χ0) is 11.5. The lowest BCUT2D eigenvalue weighted by molar-refractivity contribution is 0.661. The number of thiophene rings is 1. The molecule has 1 heterocycles. The number of aryl methyl sites for hydroxylation is 2. The molecule has 0 fully saturated rings. The molecule has 1 aromatic carbocycles. The highest BCUT2D eigenvalue weighted by Gasteiger charge is 2.36. The van der Waals surface area contributed by atoms with Gasteiger partial charge in [0, 0.05) is 15.2 Å². The maximum atomic E-state index is 2.36. The fraction of sp³-hybridized carbons (Fsp3) is 0.333. The molecular weight excluding hydrogens is 212 g/mol. The summed E-state index contributed by atoms with van der Waals surface area (Å²) >= 11 is 1.93. The SMILES string of the molecule is Cc1ccc2c(c1)C(C)(C)c1cc(C)sc1-2. The molecule has 0 N–H and O–H groups in total. The van der Waals surface area contributed by atoms with Crippen LogP contribution in [0.1, 0.15) is 35.4 Å². The van der Waals surface area contributed by atoms with Crippen LogP contribution in [0.15, 0.2) is 24.3 Å². The van der Waals surface area contributed by atoms with Gasteiger partial charge in [-0.15, -0.1) is 11.3 Å². The van der Waals surface area contributed by atoms with Gasteiger partial charge in [0.2, 0.25) is 0 Å². The van der Waals surface area contributed by atoms with E-state index in [2.05, 4.69) is 52.0 Å². The monoisotopic (exact) mass is 228 g/mol. The molecule has 1 aliphatic carbocycles. The highest BCUT2D eigenvalue weighted by atomic mass is 32.1. The Labute approximate surface area is 101 Å². The second kappa shape index (κ2) is 2.98. The van der Waals surface area contributed by atoms with Crippen LogP contribution in [0.5, 0.6) is 0 Å². The van der Waals surface area contributed by atoms with Gasteiger partial charge in [-0.3, -0.25) is 0 Å². The van der Waals surface area contributed by atoms with Gasteiger partial charge in [-0.1, -0.05) is 37.6 Å². The Balaban J connectivity index is 2.37. The van der Waals surface area contributed by atoms with Crippen LogP contribution in [0.4, 0.5) is 0 Å². The second-order valence-electron chi connectivity index (χ2n) is 5.27. The Morgan fingerprint density at radius 1 is 1.00 bits per heavy atom. The normalized spacial score (nSPS) is 16.0. The van der Waals surface area contributed by atoms with Crippen LogP contribution < -0.4 is 0 Å². The highest BCUT2D eigenvalue weighted by molar-refractivity contribution is 7.15. The molecule has 1 heteroatoms. The van der Waals surface area contributed by atoms with Crippen molar-refractivity contribution >= 4 is 11.3 Å². The summed E-state index contributed by atoms with van der Waals surface area (Å²) in [6.45, 7) is 9.05. The highest BCUT2D eigenvalue weighted by Crippen LogP contribution is 2.52. The summed E-state index contributed by atoms with van der Waals surface area (Å²) in [5, 5.41) is 0. The van der Waals surface area contributed by atoms with E-state index in [0.29, 0.717) is 0 Å². The fourth-order valence-corrected chi connectivity index (χ4v) is 3.91. The molecule has 0 saturated carbocycles. The molecule has 82 valence electrons. The van der Waals surface area contributed by atoms with Crippen LogP contribution >= 0.6 is 11.3 Å². The molecule has 0 amide bonds. The molecule has 1 aliphatic rings. The van der Waals surface area contributed by atoms with Crippen LogP contribution in [-0.2, 0) is 5.41 Å². The van der Waals surface area contributed by atoms with Crippen LogP contribution in [0.3, 0.4) is 0 Å². The Hall–Kier alpha value is -1.08. The molecule has 0 radical (unpaired) electrons. The first kappa shape index (κ1) is 10.1. The zero-order valence-corrected chi connectivity index (χ0v) is 11.0. The number of fused-ring (bicyclic) bond motifs is 3. The lowest BCUT2D eigenvalue weighted by Gasteiger charge is -2.20. The lowest BCUT2D eigenvalue weighted by atomic mass is 9.82. The van der Waals surface area contributed by atoms with Crippen molar-refractivity contribution in [1.29, 1.82) is 0 Å². The first-order chi connectivity index (χ1) is 7.50. The number of hydrogen-bond donors (Lipinski definition) is 0. The molecule has 0 nitrogen and oxygen atoms in total. The van der Waals surface area contributed by atoms with Gasteiger partial charge < -0.3 is 0 Å². The zero-order valence-electron chi connectivity index (χ0n) is 10.2. The van der Waals surface area contributed by atoms with Crippen molar-refractivity contribution in [3.8, 4) is 10.4 Å². The van der Waals surface area contributed by atoms with E-state index in [4.69, 9.17) is 0 Å². The van der Waals surface area contributed by atoms with Gasteiger partial charge in [-0.25, -0.2) is 0 Å². The summed E-state index contributed by atoms with van der Waals surface area (Å²) in [7, 11) is 0. The average Bonchev–Trinajstić information content (AvgIpc) is 2.67. The Morgan fingerprint density at radius 3 is 2.50 bits per heavy atom. The summed E-state index contributed by atoms with van der Waals surface area (Å²) in [6, 6.07) is 9.21. The van der Waals surface area contributed by atoms with Crippen molar-refractivity contribution in [2.75, 3.05) is 0 Å². The molecule has 0 atom stereocenters. The maximum Gasteiger partial charge on any atom is 0.0389 e. The Kier molecular flexibility index (Phi) is 1.88. The van der Waals surface area contributed by atoms with Crippen molar-refractivity contribution in [3.05, 3.63) is 45.8 Å². The van der Waals surface area contributed by atoms with Crippen molar-refractivity contribution < 1.29 is 0 Å². The van der Waals surface area contributed by atoms with Gasteiger partial charge in [-0.05, 0) is 36.6 Å². The summed E-state index contributed by atoms with van der Waals surface area (Å²) in [5.74, 6) is 0. The first-order valence-electron chi connectivity index (χ1n) is 5.72. The molecular formula is C15H16S. The average molecular weight is 228 g/mol. The summed E-state index contributed by atoms with van der Waals surface area (Å²) in [4.78, 5) is 2.90. The molecule has 1 aromatic heterocycles.